The van der Waals surface area contributed by atoms with Crippen molar-refractivity contribution in [1.82, 2.24) is 4.98 Å². The Bertz CT molecular complexity index is 921. The number of hydrogen-bond acceptors (Lipinski definition) is 3. The van der Waals surface area contributed by atoms with Crippen LogP contribution in [0.2, 0.25) is 5.02 Å². The molecule has 1 heterocycles. The van der Waals surface area contributed by atoms with E-state index in [0.717, 1.165) is 0 Å². The van der Waals surface area contributed by atoms with E-state index in [9.17, 15) is 9.59 Å². The largest absolute Gasteiger partial charge is 0.369 e. The van der Waals surface area contributed by atoms with Crippen LogP contribution in [0.25, 0.3) is 11.3 Å². The van der Waals surface area contributed by atoms with Crippen molar-refractivity contribution in [2.75, 3.05) is 0 Å². The van der Waals surface area contributed by atoms with Gasteiger partial charge < -0.3 is 11.5 Å². The van der Waals surface area contributed by atoms with Gasteiger partial charge in [-0.05, 0) is 36.8 Å². The lowest BCUT2D eigenvalue weighted by atomic mass is 9.71. The van der Waals surface area contributed by atoms with Crippen molar-refractivity contribution in [2.45, 2.75) is 12.3 Å². The number of primary amides is 2. The van der Waals surface area contributed by atoms with Crippen molar-refractivity contribution >= 4 is 23.4 Å². The highest BCUT2D eigenvalue weighted by Gasteiger charge is 2.40. The Morgan fingerprint density at radius 3 is 2.23 bits per heavy atom. The third-order valence-corrected chi connectivity index (χ3v) is 5.04. The Labute approximate surface area is 156 Å². The van der Waals surface area contributed by atoms with Crippen LogP contribution in [-0.2, 0) is 15.0 Å². The van der Waals surface area contributed by atoms with Gasteiger partial charge in [0.05, 0.1) is 11.1 Å². The van der Waals surface area contributed by atoms with Crippen LogP contribution in [0.4, 0.5) is 0 Å². The molecule has 0 fully saturated rings. The number of benzene rings is 1. The lowest BCUT2D eigenvalue weighted by Crippen LogP contribution is -2.42. The van der Waals surface area contributed by atoms with Crippen molar-refractivity contribution in [3.63, 3.8) is 0 Å². The smallest absolute Gasteiger partial charge is 0.235 e. The summed E-state index contributed by atoms with van der Waals surface area (Å²) in [6.07, 6.45) is 8.11. The van der Waals surface area contributed by atoms with Gasteiger partial charge in [0, 0.05) is 16.8 Å². The molecule has 3 rings (SSSR count). The van der Waals surface area contributed by atoms with Crippen LogP contribution >= 0.6 is 11.6 Å². The third-order valence-electron chi connectivity index (χ3n) is 4.71. The average Bonchev–Trinajstić information content (AvgIpc) is 2.63. The molecular weight excluding hydrogens is 350 g/mol. The zero-order valence-corrected chi connectivity index (χ0v) is 14.9. The molecule has 0 saturated heterocycles. The molecule has 0 atom stereocenters. The lowest BCUT2D eigenvalue weighted by Gasteiger charge is -2.32. The topological polar surface area (TPSA) is 99.1 Å². The van der Waals surface area contributed by atoms with Crippen LogP contribution in [0.15, 0.2) is 66.9 Å². The molecule has 0 unspecified atom stereocenters. The summed E-state index contributed by atoms with van der Waals surface area (Å²) >= 11 is 6.33. The molecule has 0 radical (unpaired) electrons. The van der Waals surface area contributed by atoms with E-state index in [1.165, 1.54) is 0 Å². The Morgan fingerprint density at radius 1 is 1.00 bits per heavy atom. The van der Waals surface area contributed by atoms with Gasteiger partial charge in [-0.1, -0.05) is 48.0 Å². The third kappa shape index (κ3) is 2.91. The van der Waals surface area contributed by atoms with E-state index in [-0.39, 0.29) is 0 Å². The zero-order chi connectivity index (χ0) is 18.9. The molecule has 0 aliphatic heterocycles. The van der Waals surface area contributed by atoms with Gasteiger partial charge in [0.1, 0.15) is 5.41 Å². The minimum Gasteiger partial charge on any atom is -0.369 e. The molecule has 2 aromatic rings. The van der Waals surface area contributed by atoms with E-state index in [2.05, 4.69) is 4.98 Å². The van der Waals surface area contributed by atoms with Gasteiger partial charge in [0.15, 0.2) is 0 Å². The van der Waals surface area contributed by atoms with Gasteiger partial charge in [0.25, 0.3) is 0 Å². The van der Waals surface area contributed by atoms with Crippen molar-refractivity contribution < 1.29 is 9.59 Å². The molecule has 1 aromatic carbocycles. The summed E-state index contributed by atoms with van der Waals surface area (Å²) in [5.74, 6) is -1.07. The molecule has 6 heteroatoms. The Morgan fingerprint density at radius 2 is 1.69 bits per heavy atom. The summed E-state index contributed by atoms with van der Waals surface area (Å²) in [6, 6.07) is 10.7. The number of hydrogen-bond donors (Lipinski definition) is 2. The number of aromatic nitrogens is 1. The van der Waals surface area contributed by atoms with Gasteiger partial charge in [0.2, 0.25) is 11.8 Å². The normalized spacial score (nSPS) is 24.4. The van der Waals surface area contributed by atoms with E-state index in [1.807, 2.05) is 18.2 Å². The number of amides is 2. The molecule has 0 spiro atoms. The molecule has 1 aromatic heterocycles. The number of nitrogens with zero attached hydrogens (tertiary/aromatic N) is 1. The van der Waals surface area contributed by atoms with Crippen LogP contribution in [0.3, 0.4) is 0 Å². The lowest BCUT2D eigenvalue weighted by molar-refractivity contribution is -0.123. The molecule has 0 bridgehead atoms. The minimum atomic E-state index is -1.19. The highest BCUT2D eigenvalue weighted by Crippen LogP contribution is 2.39. The van der Waals surface area contributed by atoms with Gasteiger partial charge in [-0.15, -0.1) is 0 Å². The quantitative estimate of drug-likeness (QED) is 0.812. The molecule has 4 N–H and O–H groups in total. The second kappa shape index (κ2) is 6.42. The van der Waals surface area contributed by atoms with E-state index in [4.69, 9.17) is 23.1 Å². The summed E-state index contributed by atoms with van der Waals surface area (Å²) in [5, 5.41) is 0.512. The van der Waals surface area contributed by atoms with Crippen LogP contribution in [-0.4, -0.2) is 16.8 Å². The Hall–Kier alpha value is -2.92. The first-order chi connectivity index (χ1) is 12.3. The number of rotatable bonds is 4. The van der Waals surface area contributed by atoms with Crippen molar-refractivity contribution in [2.24, 2.45) is 16.9 Å². The van der Waals surface area contributed by atoms with E-state index >= 15 is 0 Å². The van der Waals surface area contributed by atoms with Gasteiger partial charge in [-0.2, -0.15) is 0 Å². The number of pyridine rings is 1. The van der Waals surface area contributed by atoms with Crippen LogP contribution in [0.1, 0.15) is 12.5 Å². The maximum atomic E-state index is 12.3. The molecular formula is C20H18ClN3O2. The van der Waals surface area contributed by atoms with Crippen molar-refractivity contribution in [3.05, 3.63) is 77.5 Å². The summed E-state index contributed by atoms with van der Waals surface area (Å²) in [6.45, 7) is 1.68. The molecule has 1 aliphatic rings. The second-order valence-corrected chi connectivity index (χ2v) is 6.86. The summed E-state index contributed by atoms with van der Waals surface area (Å²) in [4.78, 5) is 28.3. The van der Waals surface area contributed by atoms with Crippen LogP contribution < -0.4 is 11.5 Å². The second-order valence-electron chi connectivity index (χ2n) is 6.46. The highest BCUT2D eigenvalue weighted by atomic mass is 35.5. The van der Waals surface area contributed by atoms with Crippen LogP contribution in [0.5, 0.6) is 0 Å². The molecule has 26 heavy (non-hydrogen) atoms. The van der Waals surface area contributed by atoms with E-state index in [0.29, 0.717) is 21.8 Å². The minimum absolute atomic E-state index is 0.506. The summed E-state index contributed by atoms with van der Waals surface area (Å²) < 4.78 is 0. The maximum absolute atomic E-state index is 12.3. The molecule has 0 saturated carbocycles. The predicted molar refractivity (Wildman–Crippen MR) is 101 cm³/mol. The van der Waals surface area contributed by atoms with E-state index < -0.39 is 22.6 Å². The summed E-state index contributed by atoms with van der Waals surface area (Å²) in [7, 11) is 0. The fourth-order valence-electron chi connectivity index (χ4n) is 2.88. The number of carbonyl (C=O) groups excluding carboxylic acids is 2. The van der Waals surface area contributed by atoms with Gasteiger partial charge >= 0.3 is 0 Å². The van der Waals surface area contributed by atoms with E-state index in [1.54, 1.807) is 55.6 Å². The van der Waals surface area contributed by atoms with Crippen molar-refractivity contribution in [1.29, 1.82) is 0 Å². The first kappa shape index (κ1) is 17.9. The maximum Gasteiger partial charge on any atom is 0.235 e. The van der Waals surface area contributed by atoms with Crippen molar-refractivity contribution in [3.8, 4) is 11.3 Å². The molecule has 132 valence electrons. The number of halogens is 1. The monoisotopic (exact) mass is 367 g/mol. The average molecular weight is 368 g/mol. The number of carbonyl (C=O) groups is 2. The highest BCUT2D eigenvalue weighted by molar-refractivity contribution is 6.33. The van der Waals surface area contributed by atoms with Gasteiger partial charge in [-0.25, -0.2) is 0 Å². The molecule has 5 nitrogen and oxygen atoms in total. The molecule has 2 amide bonds. The Kier molecular flexibility index (Phi) is 4.42. The van der Waals surface area contributed by atoms with Gasteiger partial charge in [-0.3, -0.25) is 14.6 Å². The first-order valence-corrected chi connectivity index (χ1v) is 8.38. The Balaban J connectivity index is 2.14. The fourth-order valence-corrected chi connectivity index (χ4v) is 3.10. The first-order valence-electron chi connectivity index (χ1n) is 8.00. The standard InChI is InChI=1S/C20H18ClN3O2/c1-19(17(22)25)7-9-20(10-8-19,18(23)26)13-5-6-15(21)14(12-13)16-4-2-3-11-24-16/h2-12H,1H3,(H2,22,25)(H2,23,26). The van der Waals surface area contributed by atoms with Crippen LogP contribution in [0, 0.1) is 5.41 Å². The fraction of sp³-hybridized carbons (Fsp3) is 0.150. The summed E-state index contributed by atoms with van der Waals surface area (Å²) in [5.41, 5.74) is 11.0. The predicted octanol–water partition coefficient (Wildman–Crippen LogP) is 2.74. The SMILES string of the molecule is CC1(C(N)=O)C=CC(C(N)=O)(c2ccc(Cl)c(-c3ccccn3)c2)C=C1. The molecule has 1 aliphatic carbocycles. The zero-order valence-electron chi connectivity index (χ0n) is 14.1. The number of nitrogens with two attached hydrogens (primary N) is 2.